The van der Waals surface area contributed by atoms with Gasteiger partial charge in [0.2, 0.25) is 5.91 Å². The SMILES string of the molecule is Cl.NCC1(NC(=O)C2CCN(C(=O)N3CCCC3)CC2)CCCC1. The molecule has 0 aromatic heterocycles. The van der Waals surface area contributed by atoms with Crippen molar-refractivity contribution in [2.75, 3.05) is 32.7 Å². The molecule has 0 radical (unpaired) electrons. The van der Waals surface area contributed by atoms with Gasteiger partial charge < -0.3 is 20.9 Å². The minimum atomic E-state index is -0.167. The lowest BCUT2D eigenvalue weighted by atomic mass is 9.92. The Bertz CT molecular complexity index is 440. The summed E-state index contributed by atoms with van der Waals surface area (Å²) in [5.74, 6) is 0.173. The van der Waals surface area contributed by atoms with Crippen LogP contribution >= 0.6 is 12.4 Å². The Kier molecular flexibility index (Phi) is 6.75. The van der Waals surface area contributed by atoms with Crippen LogP contribution in [0.5, 0.6) is 0 Å². The molecule has 6 nitrogen and oxygen atoms in total. The summed E-state index contributed by atoms with van der Waals surface area (Å²) < 4.78 is 0. The van der Waals surface area contributed by atoms with E-state index in [0.717, 1.165) is 64.5 Å². The predicted molar refractivity (Wildman–Crippen MR) is 96.1 cm³/mol. The number of nitrogens with zero attached hydrogens (tertiary/aromatic N) is 2. The Morgan fingerprint density at radius 2 is 1.50 bits per heavy atom. The standard InChI is InChI=1S/C17H30N4O2.ClH/c18-13-17(7-1-2-8-17)19-15(22)14-5-11-21(12-6-14)16(23)20-9-3-4-10-20;/h14H,1-13,18H2,(H,19,22);1H. The third-order valence-electron chi connectivity index (χ3n) is 5.85. The number of likely N-dealkylation sites (tertiary alicyclic amines) is 2. The average molecular weight is 359 g/mol. The van der Waals surface area contributed by atoms with Gasteiger partial charge in [-0.15, -0.1) is 12.4 Å². The van der Waals surface area contributed by atoms with Crippen molar-refractivity contribution in [1.82, 2.24) is 15.1 Å². The maximum atomic E-state index is 12.6. The van der Waals surface area contributed by atoms with Crippen LogP contribution in [0.25, 0.3) is 0 Å². The number of urea groups is 1. The summed E-state index contributed by atoms with van der Waals surface area (Å²) in [4.78, 5) is 28.8. The number of hydrogen-bond acceptors (Lipinski definition) is 3. The lowest BCUT2D eigenvalue weighted by Gasteiger charge is -2.36. The van der Waals surface area contributed by atoms with E-state index in [2.05, 4.69) is 5.32 Å². The first-order valence-electron chi connectivity index (χ1n) is 9.19. The van der Waals surface area contributed by atoms with Gasteiger partial charge in [-0.2, -0.15) is 0 Å². The Morgan fingerprint density at radius 1 is 0.958 bits per heavy atom. The van der Waals surface area contributed by atoms with E-state index in [1.807, 2.05) is 9.80 Å². The normalized spacial score (nSPS) is 23.9. The molecular formula is C17H31ClN4O2. The van der Waals surface area contributed by atoms with Crippen LogP contribution in [0.2, 0.25) is 0 Å². The van der Waals surface area contributed by atoms with Crippen LogP contribution in [-0.2, 0) is 4.79 Å². The van der Waals surface area contributed by atoms with Crippen molar-refractivity contribution in [1.29, 1.82) is 0 Å². The largest absolute Gasteiger partial charge is 0.349 e. The maximum absolute atomic E-state index is 12.6. The lowest BCUT2D eigenvalue weighted by molar-refractivity contribution is -0.128. The molecule has 1 aliphatic carbocycles. The zero-order valence-electron chi connectivity index (χ0n) is 14.5. The molecule has 138 valence electrons. The van der Waals surface area contributed by atoms with Gasteiger partial charge in [0.15, 0.2) is 0 Å². The van der Waals surface area contributed by atoms with Crippen LogP contribution in [0.3, 0.4) is 0 Å². The number of nitrogens with one attached hydrogen (secondary N) is 1. The summed E-state index contributed by atoms with van der Waals surface area (Å²) in [6.07, 6.45) is 8.08. The number of halogens is 1. The molecule has 3 fully saturated rings. The molecule has 1 saturated carbocycles. The second-order valence-electron chi connectivity index (χ2n) is 7.42. The van der Waals surface area contributed by atoms with Gasteiger partial charge in [0.25, 0.3) is 0 Å². The van der Waals surface area contributed by atoms with Gasteiger partial charge in [0, 0.05) is 38.6 Å². The van der Waals surface area contributed by atoms with Crippen LogP contribution in [0.1, 0.15) is 51.4 Å². The fourth-order valence-corrected chi connectivity index (χ4v) is 4.24. The van der Waals surface area contributed by atoms with Crippen LogP contribution in [0, 0.1) is 5.92 Å². The number of amides is 3. The highest BCUT2D eigenvalue weighted by atomic mass is 35.5. The fraction of sp³-hybridized carbons (Fsp3) is 0.882. The quantitative estimate of drug-likeness (QED) is 0.806. The van der Waals surface area contributed by atoms with Gasteiger partial charge in [0.1, 0.15) is 0 Å². The van der Waals surface area contributed by atoms with Crippen LogP contribution in [0.4, 0.5) is 4.79 Å². The maximum Gasteiger partial charge on any atom is 0.319 e. The van der Waals surface area contributed by atoms with E-state index >= 15 is 0 Å². The predicted octanol–water partition coefficient (Wildman–Crippen LogP) is 1.72. The zero-order chi connectivity index (χ0) is 16.3. The van der Waals surface area contributed by atoms with Crippen molar-refractivity contribution in [3.05, 3.63) is 0 Å². The third-order valence-corrected chi connectivity index (χ3v) is 5.85. The van der Waals surface area contributed by atoms with E-state index in [9.17, 15) is 9.59 Å². The van der Waals surface area contributed by atoms with Gasteiger partial charge in [-0.3, -0.25) is 4.79 Å². The number of carbonyl (C=O) groups excluding carboxylic acids is 2. The molecule has 3 amide bonds. The van der Waals surface area contributed by atoms with Crippen molar-refractivity contribution in [2.24, 2.45) is 11.7 Å². The van der Waals surface area contributed by atoms with Gasteiger partial charge in [-0.25, -0.2) is 4.79 Å². The van der Waals surface area contributed by atoms with E-state index in [-0.39, 0.29) is 35.8 Å². The van der Waals surface area contributed by atoms with Crippen molar-refractivity contribution in [3.63, 3.8) is 0 Å². The molecule has 2 saturated heterocycles. The second-order valence-corrected chi connectivity index (χ2v) is 7.42. The number of nitrogens with two attached hydrogens (primary N) is 1. The van der Waals surface area contributed by atoms with Gasteiger partial charge in [-0.1, -0.05) is 12.8 Å². The van der Waals surface area contributed by atoms with Crippen LogP contribution in [-0.4, -0.2) is 60.0 Å². The van der Waals surface area contributed by atoms with E-state index in [4.69, 9.17) is 5.73 Å². The Hall–Kier alpha value is -1.01. The highest BCUT2D eigenvalue weighted by Crippen LogP contribution is 2.30. The monoisotopic (exact) mass is 358 g/mol. The van der Waals surface area contributed by atoms with Crippen LogP contribution < -0.4 is 11.1 Å². The van der Waals surface area contributed by atoms with Gasteiger partial charge in [0.05, 0.1) is 5.54 Å². The molecule has 24 heavy (non-hydrogen) atoms. The summed E-state index contributed by atoms with van der Waals surface area (Å²) in [7, 11) is 0. The minimum absolute atomic E-state index is 0. The third kappa shape index (κ3) is 4.14. The number of piperidine rings is 1. The highest BCUT2D eigenvalue weighted by Gasteiger charge is 2.37. The number of hydrogen-bond donors (Lipinski definition) is 2. The first-order valence-corrected chi connectivity index (χ1v) is 9.19. The summed E-state index contributed by atoms with van der Waals surface area (Å²) in [5.41, 5.74) is 5.74. The lowest BCUT2D eigenvalue weighted by Crippen LogP contribution is -2.55. The number of carbonyl (C=O) groups is 2. The molecule has 2 aliphatic heterocycles. The molecule has 3 aliphatic rings. The molecule has 3 rings (SSSR count). The Balaban J connectivity index is 0.00000208. The molecule has 0 atom stereocenters. The van der Waals surface area contributed by atoms with E-state index in [0.29, 0.717) is 19.6 Å². The summed E-state index contributed by atoms with van der Waals surface area (Å²) in [6, 6.07) is 0.163. The fourth-order valence-electron chi connectivity index (χ4n) is 4.24. The summed E-state index contributed by atoms with van der Waals surface area (Å²) in [6.45, 7) is 3.70. The topological polar surface area (TPSA) is 78.7 Å². The first-order chi connectivity index (χ1) is 11.1. The molecule has 3 N–H and O–H groups in total. The molecule has 0 spiro atoms. The summed E-state index contributed by atoms with van der Waals surface area (Å²) >= 11 is 0. The Labute approximate surface area is 150 Å². The average Bonchev–Trinajstić information content (AvgIpc) is 3.26. The van der Waals surface area contributed by atoms with Gasteiger partial charge in [-0.05, 0) is 38.5 Å². The van der Waals surface area contributed by atoms with E-state index < -0.39 is 0 Å². The second kappa shape index (κ2) is 8.39. The minimum Gasteiger partial charge on any atom is -0.349 e. The first kappa shape index (κ1) is 19.3. The molecule has 0 aromatic carbocycles. The molecule has 0 unspecified atom stereocenters. The Morgan fingerprint density at radius 3 is 2.04 bits per heavy atom. The zero-order valence-corrected chi connectivity index (χ0v) is 15.3. The van der Waals surface area contributed by atoms with Crippen molar-refractivity contribution in [3.8, 4) is 0 Å². The molecule has 0 aromatic rings. The molecular weight excluding hydrogens is 328 g/mol. The highest BCUT2D eigenvalue weighted by molar-refractivity contribution is 5.85. The van der Waals surface area contributed by atoms with Crippen LogP contribution in [0.15, 0.2) is 0 Å². The summed E-state index contributed by atoms with van der Waals surface area (Å²) in [5, 5.41) is 3.23. The molecule has 0 bridgehead atoms. The van der Waals surface area contributed by atoms with Crippen molar-refractivity contribution < 1.29 is 9.59 Å². The van der Waals surface area contributed by atoms with Crippen molar-refractivity contribution >= 4 is 24.3 Å². The molecule has 7 heteroatoms. The number of rotatable bonds is 3. The molecule has 2 heterocycles. The van der Waals surface area contributed by atoms with Gasteiger partial charge >= 0.3 is 6.03 Å². The van der Waals surface area contributed by atoms with E-state index in [1.54, 1.807) is 0 Å². The van der Waals surface area contributed by atoms with E-state index in [1.165, 1.54) is 0 Å². The van der Waals surface area contributed by atoms with Crippen molar-refractivity contribution in [2.45, 2.75) is 56.9 Å². The smallest absolute Gasteiger partial charge is 0.319 e.